The van der Waals surface area contributed by atoms with Crippen LogP contribution in [0.3, 0.4) is 0 Å². The SMILES string of the molecule is COC(=O)C1CCC(C=O)CC1.COC(=O)C1CCC(C=O)CC1. The largest absolute Gasteiger partial charge is 0.469 e. The summed E-state index contributed by atoms with van der Waals surface area (Å²) in [6.45, 7) is 0. The molecular weight excluding hydrogens is 312 g/mol. The summed E-state index contributed by atoms with van der Waals surface area (Å²) in [6, 6.07) is 0. The highest BCUT2D eigenvalue weighted by Crippen LogP contribution is 2.28. The number of aldehydes is 2. The molecule has 0 N–H and O–H groups in total. The predicted octanol–water partition coefficient (Wildman–Crippen LogP) is 2.33. The van der Waals surface area contributed by atoms with Crippen LogP contribution in [-0.4, -0.2) is 38.7 Å². The molecule has 0 radical (unpaired) electrons. The zero-order chi connectivity index (χ0) is 17.9. The van der Waals surface area contributed by atoms with Gasteiger partial charge in [0.25, 0.3) is 0 Å². The van der Waals surface area contributed by atoms with Crippen LogP contribution in [-0.2, 0) is 28.7 Å². The molecule has 2 aliphatic rings. The van der Waals surface area contributed by atoms with Crippen molar-refractivity contribution in [1.82, 2.24) is 0 Å². The third-order valence-electron chi connectivity index (χ3n) is 5.00. The molecule has 2 saturated carbocycles. The summed E-state index contributed by atoms with van der Waals surface area (Å²) < 4.78 is 9.26. The van der Waals surface area contributed by atoms with E-state index in [0.29, 0.717) is 0 Å². The van der Waals surface area contributed by atoms with E-state index in [-0.39, 0.29) is 35.6 Å². The molecule has 6 nitrogen and oxygen atoms in total. The van der Waals surface area contributed by atoms with Crippen molar-refractivity contribution in [3.05, 3.63) is 0 Å². The molecule has 0 aromatic heterocycles. The molecule has 0 amide bonds. The van der Waals surface area contributed by atoms with E-state index in [1.54, 1.807) is 0 Å². The normalized spacial score (nSPS) is 29.4. The van der Waals surface area contributed by atoms with E-state index in [4.69, 9.17) is 0 Å². The number of carbonyl (C=O) groups is 4. The summed E-state index contributed by atoms with van der Waals surface area (Å²) in [5.74, 6) is 0.160. The fourth-order valence-corrected chi connectivity index (χ4v) is 3.32. The highest BCUT2D eigenvalue weighted by molar-refractivity contribution is 5.73. The maximum absolute atomic E-state index is 11.1. The van der Waals surface area contributed by atoms with Gasteiger partial charge in [0.1, 0.15) is 12.6 Å². The van der Waals surface area contributed by atoms with Crippen molar-refractivity contribution in [2.75, 3.05) is 14.2 Å². The van der Waals surface area contributed by atoms with E-state index in [1.165, 1.54) is 14.2 Å². The molecule has 0 heterocycles. The number of hydrogen-bond donors (Lipinski definition) is 0. The van der Waals surface area contributed by atoms with Crippen LogP contribution in [0.2, 0.25) is 0 Å². The van der Waals surface area contributed by atoms with E-state index in [9.17, 15) is 19.2 Å². The van der Waals surface area contributed by atoms with Crippen molar-refractivity contribution in [2.24, 2.45) is 23.7 Å². The summed E-state index contributed by atoms with van der Waals surface area (Å²) in [7, 11) is 2.82. The van der Waals surface area contributed by atoms with Crippen molar-refractivity contribution < 1.29 is 28.7 Å². The molecule has 0 aromatic rings. The molecule has 0 spiro atoms. The van der Waals surface area contributed by atoms with Gasteiger partial charge >= 0.3 is 11.9 Å². The first-order valence-electron chi connectivity index (χ1n) is 8.61. The molecule has 2 fully saturated rings. The Morgan fingerprint density at radius 3 is 1.17 bits per heavy atom. The zero-order valence-corrected chi connectivity index (χ0v) is 14.6. The lowest BCUT2D eigenvalue weighted by molar-refractivity contribution is -0.147. The van der Waals surface area contributed by atoms with E-state index < -0.39 is 0 Å². The Bertz CT molecular complexity index is 377. The Balaban J connectivity index is 0.000000240. The lowest BCUT2D eigenvalue weighted by atomic mass is 9.83. The van der Waals surface area contributed by atoms with Gasteiger partial charge in [-0.2, -0.15) is 0 Å². The topological polar surface area (TPSA) is 86.7 Å². The molecule has 6 heteroatoms. The van der Waals surface area contributed by atoms with Crippen molar-refractivity contribution >= 4 is 24.5 Å². The zero-order valence-electron chi connectivity index (χ0n) is 14.6. The summed E-state index contributed by atoms with van der Waals surface area (Å²) in [5, 5.41) is 0. The molecule has 2 aliphatic carbocycles. The second kappa shape index (κ2) is 10.9. The number of rotatable bonds is 4. The van der Waals surface area contributed by atoms with Crippen molar-refractivity contribution in [3.8, 4) is 0 Å². The summed E-state index contributed by atoms with van der Waals surface area (Å²) in [5.41, 5.74) is 0. The van der Waals surface area contributed by atoms with Crippen LogP contribution in [0.25, 0.3) is 0 Å². The third kappa shape index (κ3) is 6.42. The van der Waals surface area contributed by atoms with E-state index >= 15 is 0 Å². The van der Waals surface area contributed by atoms with Crippen LogP contribution in [0.5, 0.6) is 0 Å². The Morgan fingerprint density at radius 2 is 0.958 bits per heavy atom. The lowest BCUT2D eigenvalue weighted by Gasteiger charge is -2.22. The van der Waals surface area contributed by atoms with E-state index in [2.05, 4.69) is 9.47 Å². The van der Waals surface area contributed by atoms with Gasteiger partial charge in [0, 0.05) is 11.8 Å². The number of methoxy groups -OCH3 is 2. The number of esters is 2. The minimum Gasteiger partial charge on any atom is -0.469 e. The quantitative estimate of drug-likeness (QED) is 0.576. The molecule has 2 rings (SSSR count). The van der Waals surface area contributed by atoms with Gasteiger partial charge in [-0.1, -0.05) is 0 Å². The summed E-state index contributed by atoms with van der Waals surface area (Å²) >= 11 is 0. The Labute approximate surface area is 143 Å². The van der Waals surface area contributed by atoms with Gasteiger partial charge in [0.2, 0.25) is 0 Å². The van der Waals surface area contributed by atoms with Gasteiger partial charge in [-0.15, -0.1) is 0 Å². The van der Waals surface area contributed by atoms with Gasteiger partial charge in [-0.05, 0) is 51.4 Å². The van der Waals surface area contributed by atoms with Crippen molar-refractivity contribution in [2.45, 2.75) is 51.4 Å². The van der Waals surface area contributed by atoms with Gasteiger partial charge in [-0.3, -0.25) is 9.59 Å². The Kier molecular flexibility index (Phi) is 9.27. The van der Waals surface area contributed by atoms with Crippen molar-refractivity contribution in [3.63, 3.8) is 0 Å². The maximum atomic E-state index is 11.1. The fraction of sp³-hybridized carbons (Fsp3) is 0.778. The molecule has 0 atom stereocenters. The molecule has 0 unspecified atom stereocenters. The van der Waals surface area contributed by atoms with Crippen LogP contribution < -0.4 is 0 Å². The minimum atomic E-state index is -0.126. The van der Waals surface area contributed by atoms with Gasteiger partial charge in [-0.25, -0.2) is 0 Å². The van der Waals surface area contributed by atoms with Crippen LogP contribution in [0.15, 0.2) is 0 Å². The number of carbonyl (C=O) groups excluding carboxylic acids is 4. The molecule has 0 aromatic carbocycles. The second-order valence-corrected chi connectivity index (χ2v) is 6.54. The Morgan fingerprint density at radius 1 is 0.667 bits per heavy atom. The maximum Gasteiger partial charge on any atom is 0.308 e. The van der Waals surface area contributed by atoms with Crippen LogP contribution in [0, 0.1) is 23.7 Å². The van der Waals surface area contributed by atoms with E-state index in [1.807, 2.05) is 0 Å². The molecule has 0 bridgehead atoms. The van der Waals surface area contributed by atoms with E-state index in [0.717, 1.165) is 63.9 Å². The average molecular weight is 340 g/mol. The van der Waals surface area contributed by atoms with Crippen molar-refractivity contribution in [1.29, 1.82) is 0 Å². The summed E-state index contributed by atoms with van der Waals surface area (Å²) in [4.78, 5) is 42.9. The number of ether oxygens (including phenoxy) is 2. The number of hydrogen-bond acceptors (Lipinski definition) is 6. The highest BCUT2D eigenvalue weighted by atomic mass is 16.5. The van der Waals surface area contributed by atoms with Crippen LogP contribution in [0.1, 0.15) is 51.4 Å². The first-order valence-corrected chi connectivity index (χ1v) is 8.61. The molecule has 136 valence electrons. The molecule has 0 saturated heterocycles. The molecule has 0 aliphatic heterocycles. The van der Waals surface area contributed by atoms with Crippen LogP contribution >= 0.6 is 0 Å². The Hall–Kier alpha value is -1.72. The highest BCUT2D eigenvalue weighted by Gasteiger charge is 2.27. The van der Waals surface area contributed by atoms with Crippen LogP contribution in [0.4, 0.5) is 0 Å². The van der Waals surface area contributed by atoms with Gasteiger partial charge in [0.15, 0.2) is 0 Å². The molecular formula is C18H28O6. The second-order valence-electron chi connectivity index (χ2n) is 6.54. The average Bonchev–Trinajstić information content (AvgIpc) is 2.67. The predicted molar refractivity (Wildman–Crippen MR) is 87.1 cm³/mol. The first kappa shape index (κ1) is 20.3. The van der Waals surface area contributed by atoms with Gasteiger partial charge < -0.3 is 19.1 Å². The minimum absolute atomic E-state index is 0.0335. The standard InChI is InChI=1S/2C9H14O3/c2*1-12-9(11)8-4-2-7(6-10)3-5-8/h2*6-8H,2-5H2,1H3. The fourth-order valence-electron chi connectivity index (χ4n) is 3.32. The molecule has 24 heavy (non-hydrogen) atoms. The third-order valence-corrected chi connectivity index (χ3v) is 5.00. The first-order chi connectivity index (χ1) is 11.5. The summed E-state index contributed by atoms with van der Waals surface area (Å²) in [6.07, 6.45) is 8.54. The monoisotopic (exact) mass is 340 g/mol. The van der Waals surface area contributed by atoms with Gasteiger partial charge in [0.05, 0.1) is 26.1 Å². The smallest absolute Gasteiger partial charge is 0.308 e. The lowest BCUT2D eigenvalue weighted by Crippen LogP contribution is -2.23.